The predicted octanol–water partition coefficient (Wildman–Crippen LogP) is 12.6. The molecule has 0 aromatic carbocycles. The number of aliphatic hydroxyl groups is 3. The van der Waals surface area contributed by atoms with Crippen LogP contribution in [0.3, 0.4) is 0 Å². The molecule has 7 nitrogen and oxygen atoms in total. The van der Waals surface area contributed by atoms with E-state index in [0.717, 1.165) is 68.6 Å². The zero-order valence-electron chi connectivity index (χ0n) is 39.6. The minimum Gasteiger partial charge on any atom is -0.463 e. The molecule has 0 aromatic heterocycles. The molecule has 346 valence electrons. The van der Waals surface area contributed by atoms with E-state index in [2.05, 4.69) is 60.6 Å². The van der Waals surface area contributed by atoms with Crippen LogP contribution in [0.1, 0.15) is 215 Å². The van der Waals surface area contributed by atoms with E-state index in [1.807, 2.05) is 0 Å². The van der Waals surface area contributed by atoms with Crippen molar-refractivity contribution in [3.05, 3.63) is 23.3 Å². The third-order valence-corrected chi connectivity index (χ3v) is 17.2. The second kappa shape index (κ2) is 24.2. The van der Waals surface area contributed by atoms with E-state index >= 15 is 0 Å². The summed E-state index contributed by atoms with van der Waals surface area (Å²) in [6, 6.07) is 0. The van der Waals surface area contributed by atoms with E-state index in [9.17, 15) is 20.1 Å². The zero-order valence-corrected chi connectivity index (χ0v) is 39.6. The van der Waals surface area contributed by atoms with Crippen LogP contribution in [0.5, 0.6) is 0 Å². The summed E-state index contributed by atoms with van der Waals surface area (Å²) >= 11 is 0. The monoisotopic (exact) mass is 841 g/mol. The molecule has 5 aliphatic rings. The van der Waals surface area contributed by atoms with Crippen LogP contribution >= 0.6 is 0 Å². The van der Waals surface area contributed by atoms with Gasteiger partial charge in [0.2, 0.25) is 0 Å². The molecule has 5 rings (SSSR count). The minimum absolute atomic E-state index is 0.144. The second-order valence-electron chi connectivity index (χ2n) is 21.4. The van der Waals surface area contributed by atoms with Gasteiger partial charge in [0.25, 0.3) is 0 Å². The molecule has 3 N–H and O–H groups in total. The van der Waals surface area contributed by atoms with Crippen molar-refractivity contribution >= 4 is 5.97 Å². The smallest absolute Gasteiger partial charge is 0.305 e. The fraction of sp³-hybridized carbons (Fsp3) is 0.906. The summed E-state index contributed by atoms with van der Waals surface area (Å²) in [5.74, 6) is 4.14. The number of unbranched alkanes of at least 4 members (excludes halogenated alkanes) is 14. The molecule has 4 aliphatic carbocycles. The third-order valence-electron chi connectivity index (χ3n) is 17.2. The van der Waals surface area contributed by atoms with Crippen molar-refractivity contribution in [2.24, 2.45) is 46.3 Å². The first-order valence-electron chi connectivity index (χ1n) is 25.7. The highest BCUT2D eigenvalue weighted by molar-refractivity contribution is 5.69. The van der Waals surface area contributed by atoms with Crippen molar-refractivity contribution in [2.75, 3.05) is 6.61 Å². The van der Waals surface area contributed by atoms with Gasteiger partial charge >= 0.3 is 5.97 Å². The number of allylic oxidation sites excluding steroid dienone is 3. The number of aliphatic hydroxyl groups excluding tert-OH is 3. The predicted molar refractivity (Wildman–Crippen MR) is 244 cm³/mol. The molecular weight excluding hydrogens is 749 g/mol. The molecule has 0 bridgehead atoms. The molecule has 0 amide bonds. The Morgan fingerprint density at radius 2 is 1.43 bits per heavy atom. The van der Waals surface area contributed by atoms with Gasteiger partial charge in [0.05, 0.1) is 6.10 Å². The maximum atomic E-state index is 12.6. The molecule has 1 aliphatic heterocycles. The third kappa shape index (κ3) is 12.7. The molecule has 0 radical (unpaired) electrons. The van der Waals surface area contributed by atoms with Crippen molar-refractivity contribution in [1.82, 2.24) is 0 Å². The number of hydrogen-bond donors (Lipinski definition) is 3. The number of esters is 1. The number of ether oxygens (including phenoxy) is 3. The highest BCUT2D eigenvalue weighted by Crippen LogP contribution is 2.67. The molecule has 0 aromatic rings. The van der Waals surface area contributed by atoms with Crippen LogP contribution in [0, 0.1) is 46.3 Å². The number of carbonyl (C=O) groups excluding carboxylic acids is 1. The summed E-state index contributed by atoms with van der Waals surface area (Å²) in [6.45, 7) is 16.7. The Labute approximate surface area is 367 Å². The van der Waals surface area contributed by atoms with Crippen LogP contribution in [0.2, 0.25) is 0 Å². The van der Waals surface area contributed by atoms with Gasteiger partial charge in [0.15, 0.2) is 6.29 Å². The van der Waals surface area contributed by atoms with Gasteiger partial charge in [-0.25, -0.2) is 0 Å². The molecule has 0 spiro atoms. The van der Waals surface area contributed by atoms with Gasteiger partial charge in [-0.3, -0.25) is 4.79 Å². The fourth-order valence-corrected chi connectivity index (χ4v) is 13.3. The lowest BCUT2D eigenvalue weighted by Crippen LogP contribution is -2.60. The lowest BCUT2D eigenvalue weighted by Gasteiger charge is -2.58. The van der Waals surface area contributed by atoms with Gasteiger partial charge in [-0.15, -0.1) is 0 Å². The molecule has 60 heavy (non-hydrogen) atoms. The highest BCUT2D eigenvalue weighted by Gasteiger charge is 2.59. The van der Waals surface area contributed by atoms with Gasteiger partial charge in [-0.2, -0.15) is 0 Å². The average Bonchev–Trinajstić information content (AvgIpc) is 3.59. The summed E-state index contributed by atoms with van der Waals surface area (Å²) in [6.07, 6.45) is 29.7. The number of rotatable bonds is 25. The lowest BCUT2D eigenvalue weighted by molar-refractivity contribution is -0.313. The summed E-state index contributed by atoms with van der Waals surface area (Å²) in [4.78, 5) is 12.6. The Bertz CT molecular complexity index is 1340. The largest absolute Gasteiger partial charge is 0.463 e. The van der Waals surface area contributed by atoms with E-state index in [-0.39, 0.29) is 24.1 Å². The van der Waals surface area contributed by atoms with Crippen LogP contribution in [0.15, 0.2) is 23.3 Å². The lowest BCUT2D eigenvalue weighted by atomic mass is 9.47. The van der Waals surface area contributed by atoms with Crippen molar-refractivity contribution in [2.45, 2.75) is 252 Å². The zero-order chi connectivity index (χ0) is 43.3. The van der Waals surface area contributed by atoms with Crippen molar-refractivity contribution in [3.63, 3.8) is 0 Å². The van der Waals surface area contributed by atoms with Gasteiger partial charge < -0.3 is 29.5 Å². The van der Waals surface area contributed by atoms with Crippen LogP contribution in [-0.4, -0.2) is 64.7 Å². The van der Waals surface area contributed by atoms with Crippen LogP contribution < -0.4 is 0 Å². The first-order chi connectivity index (χ1) is 28.8. The summed E-state index contributed by atoms with van der Waals surface area (Å²) in [7, 11) is 0. The maximum absolute atomic E-state index is 12.6. The Morgan fingerprint density at radius 1 is 0.800 bits per heavy atom. The Kier molecular flexibility index (Phi) is 20.0. The van der Waals surface area contributed by atoms with Gasteiger partial charge in [-0.1, -0.05) is 155 Å². The minimum atomic E-state index is -1.44. The Balaban J connectivity index is 1.01. The Morgan fingerprint density at radius 3 is 2.05 bits per heavy atom. The van der Waals surface area contributed by atoms with E-state index < -0.39 is 30.7 Å². The average molecular weight is 841 g/mol. The van der Waals surface area contributed by atoms with E-state index in [0.29, 0.717) is 23.7 Å². The maximum Gasteiger partial charge on any atom is 0.305 e. The topological polar surface area (TPSA) is 105 Å². The number of fused-ring (bicyclic) bond motifs is 5. The first kappa shape index (κ1) is 49.8. The van der Waals surface area contributed by atoms with Crippen LogP contribution in [0.4, 0.5) is 0 Å². The van der Waals surface area contributed by atoms with Crippen molar-refractivity contribution in [1.29, 1.82) is 0 Å². The quantitative estimate of drug-likeness (QED) is 0.0477. The molecule has 3 saturated carbocycles. The number of hydrogen-bond acceptors (Lipinski definition) is 7. The van der Waals surface area contributed by atoms with E-state index in [1.54, 1.807) is 5.57 Å². The normalized spacial score (nSPS) is 36.0. The molecule has 1 heterocycles. The summed E-state index contributed by atoms with van der Waals surface area (Å²) < 4.78 is 18.1. The summed E-state index contributed by atoms with van der Waals surface area (Å²) in [5, 5.41) is 32.5. The summed E-state index contributed by atoms with van der Waals surface area (Å²) in [5.41, 5.74) is 3.71. The standard InChI is InChI=1S/C53H92O7/c1-8-10-11-12-13-14-15-16-17-18-19-20-21-22-23-24-47(54)58-36-46-48(55)49(56)50(57)51(60-46)59-41-31-33-52(6)40(35-41)27-28-42-44-30-29-43(53(44,7)34-32-45(42)52)38(5)25-26-39(9-2)37(3)4/h9,27,37-38,41-46,48-51,55-57H,8,10-26,28-36H2,1-7H3/b39-9-/t38-,41-,42+,43-,44+,45+,46-,48-,49+,50-,51-,52+,53-/m1/s1. The van der Waals surface area contributed by atoms with Crippen LogP contribution in [0.25, 0.3) is 0 Å². The van der Waals surface area contributed by atoms with Crippen molar-refractivity contribution in [3.8, 4) is 0 Å². The SMILES string of the molecule is C/C=C(/CC[C@@H](C)[C@H]1CC[C@H]2[C@@H]3CC=C4C[C@H](O[C@@H]5O[C@H](COC(=O)CCCCCCCCCCCCCCCCC)[C@@H](O)[C@H](O)[C@H]5O)CC[C@]4(C)[C@H]3CC[C@]12C)C(C)C. The molecule has 4 fully saturated rings. The van der Waals surface area contributed by atoms with E-state index in [1.165, 1.54) is 121 Å². The first-order valence-corrected chi connectivity index (χ1v) is 25.7. The molecular formula is C53H92O7. The van der Waals surface area contributed by atoms with Crippen LogP contribution in [-0.2, 0) is 19.0 Å². The van der Waals surface area contributed by atoms with Gasteiger partial charge in [-0.05, 0) is 124 Å². The number of carbonyl (C=O) groups is 1. The van der Waals surface area contributed by atoms with Gasteiger partial charge in [0, 0.05) is 6.42 Å². The fourth-order valence-electron chi connectivity index (χ4n) is 13.3. The highest BCUT2D eigenvalue weighted by atomic mass is 16.7. The Hall–Kier alpha value is -1.25. The van der Waals surface area contributed by atoms with Crippen molar-refractivity contribution < 1.29 is 34.3 Å². The van der Waals surface area contributed by atoms with E-state index in [4.69, 9.17) is 14.2 Å². The molecule has 0 unspecified atom stereocenters. The van der Waals surface area contributed by atoms with Gasteiger partial charge in [0.1, 0.15) is 31.0 Å². The molecule has 1 saturated heterocycles. The second-order valence-corrected chi connectivity index (χ2v) is 21.4. The molecule has 13 atom stereocenters. The molecule has 7 heteroatoms.